The van der Waals surface area contributed by atoms with Crippen LogP contribution in [0.5, 0.6) is 5.75 Å². The van der Waals surface area contributed by atoms with E-state index >= 15 is 0 Å². The van der Waals surface area contributed by atoms with Crippen molar-refractivity contribution in [2.75, 3.05) is 35.0 Å². The van der Waals surface area contributed by atoms with Crippen LogP contribution >= 0.6 is 0 Å². The maximum atomic E-state index is 11.6. The maximum absolute atomic E-state index is 11.6. The van der Waals surface area contributed by atoms with Crippen molar-refractivity contribution in [3.63, 3.8) is 0 Å². The van der Waals surface area contributed by atoms with Gasteiger partial charge in [0.1, 0.15) is 18.1 Å². The second-order valence-corrected chi connectivity index (χ2v) is 5.20. The molecular formula is C20H26O5. The Labute approximate surface area is 149 Å². The second-order valence-electron chi connectivity index (χ2n) is 5.20. The number of carbonyl (C=O) groups excluding carboxylic acids is 1. The van der Waals surface area contributed by atoms with Gasteiger partial charge in [-0.25, -0.2) is 0 Å². The molecule has 0 spiro atoms. The number of carbonyl (C=O) groups is 1. The molecule has 1 aromatic carbocycles. The summed E-state index contributed by atoms with van der Waals surface area (Å²) in [5, 5.41) is 0. The number of rotatable bonds is 10. The van der Waals surface area contributed by atoms with Crippen molar-refractivity contribution in [1.82, 2.24) is 0 Å². The Kier molecular flexibility index (Phi) is 9.11. The lowest BCUT2D eigenvalue weighted by molar-refractivity contribution is -0.140. The lowest BCUT2D eigenvalue weighted by Gasteiger charge is -2.13. The number of methoxy groups -OCH3 is 4. The average Bonchev–Trinajstić information content (AvgIpc) is 2.65. The van der Waals surface area contributed by atoms with Gasteiger partial charge in [0, 0.05) is 13.5 Å². The first-order valence-corrected chi connectivity index (χ1v) is 7.89. The lowest BCUT2D eigenvalue weighted by atomic mass is 9.96. The molecule has 0 N–H and O–H groups in total. The van der Waals surface area contributed by atoms with Crippen LogP contribution in [0.3, 0.4) is 0 Å². The molecule has 136 valence electrons. The molecule has 0 radical (unpaired) electrons. The summed E-state index contributed by atoms with van der Waals surface area (Å²) in [5.41, 5.74) is 2.80. The molecular weight excluding hydrogens is 320 g/mol. The molecule has 0 heterocycles. The van der Waals surface area contributed by atoms with Gasteiger partial charge in [-0.2, -0.15) is 0 Å². The molecule has 0 atom stereocenters. The fourth-order valence-corrected chi connectivity index (χ4v) is 2.32. The summed E-state index contributed by atoms with van der Waals surface area (Å²) in [7, 11) is 6.19. The second kappa shape index (κ2) is 11.1. The summed E-state index contributed by atoms with van der Waals surface area (Å²) in [4.78, 5) is 11.6. The highest BCUT2D eigenvalue weighted by Crippen LogP contribution is 2.27. The van der Waals surface area contributed by atoms with E-state index in [1.807, 2.05) is 30.3 Å². The first kappa shape index (κ1) is 20.5. The van der Waals surface area contributed by atoms with Crippen molar-refractivity contribution in [3.05, 3.63) is 59.9 Å². The predicted octanol–water partition coefficient (Wildman–Crippen LogP) is 3.76. The molecule has 0 bridgehead atoms. The standard InChI is InChI=1S/C20H26O5/c1-6-19(15-7-10-17(23-3)11-8-15)16(9-12-20(21)25-5)13-18(24-4)14-22-2/h6-8,10-11,13H,1,9,12,14H2,2-5H3/b18-13+,19-16+. The van der Waals surface area contributed by atoms with Crippen molar-refractivity contribution in [2.45, 2.75) is 12.8 Å². The number of hydrogen-bond donors (Lipinski definition) is 0. The molecule has 0 saturated heterocycles. The molecule has 1 rings (SSSR count). The zero-order valence-electron chi connectivity index (χ0n) is 15.3. The van der Waals surface area contributed by atoms with Gasteiger partial charge in [-0.3, -0.25) is 4.79 Å². The molecule has 1 aromatic rings. The van der Waals surface area contributed by atoms with Gasteiger partial charge >= 0.3 is 5.97 Å². The van der Waals surface area contributed by atoms with Crippen molar-refractivity contribution < 1.29 is 23.7 Å². The minimum Gasteiger partial charge on any atom is -0.499 e. The van der Waals surface area contributed by atoms with Crippen LogP contribution in [-0.4, -0.2) is 41.0 Å². The third-order valence-electron chi connectivity index (χ3n) is 3.66. The van der Waals surface area contributed by atoms with Crippen molar-refractivity contribution in [3.8, 4) is 5.75 Å². The fourth-order valence-electron chi connectivity index (χ4n) is 2.32. The lowest BCUT2D eigenvalue weighted by Crippen LogP contribution is -2.03. The summed E-state index contributed by atoms with van der Waals surface area (Å²) >= 11 is 0. The highest BCUT2D eigenvalue weighted by molar-refractivity contribution is 5.79. The summed E-state index contributed by atoms with van der Waals surface area (Å²) in [5.74, 6) is 1.17. The Morgan fingerprint density at radius 1 is 1.04 bits per heavy atom. The number of ether oxygens (including phenoxy) is 4. The van der Waals surface area contributed by atoms with Crippen LogP contribution in [0.4, 0.5) is 0 Å². The van der Waals surface area contributed by atoms with Crippen LogP contribution < -0.4 is 4.74 Å². The van der Waals surface area contributed by atoms with Crippen molar-refractivity contribution in [1.29, 1.82) is 0 Å². The number of hydrogen-bond acceptors (Lipinski definition) is 5. The highest BCUT2D eigenvalue weighted by Gasteiger charge is 2.10. The summed E-state index contributed by atoms with van der Waals surface area (Å²) < 4.78 is 20.4. The van der Waals surface area contributed by atoms with E-state index in [-0.39, 0.29) is 12.4 Å². The van der Waals surface area contributed by atoms with Gasteiger partial charge in [0.2, 0.25) is 0 Å². The van der Waals surface area contributed by atoms with Gasteiger partial charge in [0.25, 0.3) is 0 Å². The minimum atomic E-state index is -0.269. The van der Waals surface area contributed by atoms with Crippen LogP contribution in [0.2, 0.25) is 0 Å². The van der Waals surface area contributed by atoms with Crippen LogP contribution in [0.15, 0.2) is 54.3 Å². The largest absolute Gasteiger partial charge is 0.499 e. The van der Waals surface area contributed by atoms with E-state index in [0.717, 1.165) is 22.5 Å². The molecule has 5 nitrogen and oxygen atoms in total. The number of benzene rings is 1. The molecule has 25 heavy (non-hydrogen) atoms. The van der Waals surface area contributed by atoms with Gasteiger partial charge in [-0.1, -0.05) is 24.8 Å². The zero-order valence-corrected chi connectivity index (χ0v) is 15.3. The van der Waals surface area contributed by atoms with E-state index in [1.54, 1.807) is 27.4 Å². The number of allylic oxidation sites excluding steroid dienone is 4. The van der Waals surface area contributed by atoms with Crippen molar-refractivity contribution in [2.24, 2.45) is 0 Å². The number of esters is 1. The molecule has 0 fully saturated rings. The normalized spacial score (nSPS) is 12.2. The Hall–Kier alpha value is -2.53. The molecule has 0 unspecified atom stereocenters. The SMILES string of the molecule is C=C/C(=C(\C=C(/COC)OC)CCC(=O)OC)c1ccc(OC)cc1. The molecule has 0 aromatic heterocycles. The molecule has 5 heteroatoms. The average molecular weight is 346 g/mol. The third kappa shape index (κ3) is 6.47. The van der Waals surface area contributed by atoms with Gasteiger partial charge in [0.05, 0.1) is 21.3 Å². The molecule has 0 amide bonds. The van der Waals surface area contributed by atoms with E-state index in [0.29, 0.717) is 18.8 Å². The molecule has 0 aliphatic carbocycles. The minimum absolute atomic E-state index is 0.264. The van der Waals surface area contributed by atoms with Crippen LogP contribution in [0, 0.1) is 0 Å². The Balaban J connectivity index is 3.31. The van der Waals surface area contributed by atoms with Gasteiger partial charge in [-0.15, -0.1) is 0 Å². The molecule has 0 aliphatic heterocycles. The maximum Gasteiger partial charge on any atom is 0.305 e. The van der Waals surface area contributed by atoms with Gasteiger partial charge in [0.15, 0.2) is 0 Å². The predicted molar refractivity (Wildman–Crippen MR) is 98.3 cm³/mol. The Bertz CT molecular complexity index is 626. The van der Waals surface area contributed by atoms with E-state index in [9.17, 15) is 4.79 Å². The zero-order chi connectivity index (χ0) is 18.7. The van der Waals surface area contributed by atoms with Crippen LogP contribution in [0.25, 0.3) is 5.57 Å². The van der Waals surface area contributed by atoms with E-state index in [2.05, 4.69) is 6.58 Å². The van der Waals surface area contributed by atoms with Gasteiger partial charge in [-0.05, 0) is 41.3 Å². The quantitative estimate of drug-likeness (QED) is 0.367. The topological polar surface area (TPSA) is 54.0 Å². The first-order chi connectivity index (χ1) is 12.1. The summed E-state index contributed by atoms with van der Waals surface area (Å²) in [6, 6.07) is 7.66. The van der Waals surface area contributed by atoms with Crippen LogP contribution in [0.1, 0.15) is 18.4 Å². The molecule has 0 saturated carbocycles. The van der Waals surface area contributed by atoms with E-state index in [4.69, 9.17) is 18.9 Å². The smallest absolute Gasteiger partial charge is 0.305 e. The highest BCUT2D eigenvalue weighted by atomic mass is 16.5. The fraction of sp³-hybridized carbons (Fsp3) is 0.350. The summed E-state index contributed by atoms with van der Waals surface area (Å²) in [6.45, 7) is 4.26. The third-order valence-corrected chi connectivity index (χ3v) is 3.66. The Morgan fingerprint density at radius 3 is 2.20 bits per heavy atom. The first-order valence-electron chi connectivity index (χ1n) is 7.89. The van der Waals surface area contributed by atoms with Gasteiger partial charge < -0.3 is 18.9 Å². The monoisotopic (exact) mass is 346 g/mol. The van der Waals surface area contributed by atoms with E-state index < -0.39 is 0 Å². The van der Waals surface area contributed by atoms with Crippen LogP contribution in [-0.2, 0) is 19.0 Å². The van der Waals surface area contributed by atoms with Crippen molar-refractivity contribution >= 4 is 11.5 Å². The molecule has 0 aliphatic rings. The Morgan fingerprint density at radius 2 is 1.72 bits per heavy atom. The summed E-state index contributed by atoms with van der Waals surface area (Å²) in [6.07, 6.45) is 4.41. The van der Waals surface area contributed by atoms with E-state index in [1.165, 1.54) is 7.11 Å².